The largest absolute Gasteiger partial charge is 0.311 e. The van der Waals surface area contributed by atoms with E-state index < -0.39 is 115 Å². The Kier molecular flexibility index (Phi) is 7.14. The van der Waals surface area contributed by atoms with Crippen LogP contribution in [0.5, 0.6) is 0 Å². The number of para-hydroxylation sites is 4. The van der Waals surface area contributed by atoms with Gasteiger partial charge in [-0.2, -0.15) is 0 Å². The highest BCUT2D eigenvalue weighted by Gasteiger charge is 2.44. The van der Waals surface area contributed by atoms with E-state index >= 15 is 0 Å². The molecule has 0 amide bonds. The second-order valence-electron chi connectivity index (χ2n) is 22.9. The van der Waals surface area contributed by atoms with Gasteiger partial charge in [0.25, 0.3) is 6.71 Å². The molecule has 410 valence electrons. The number of hydrogen-bond donors (Lipinski definition) is 0. The number of rotatable bonds is 5. The lowest BCUT2D eigenvalue weighted by atomic mass is 9.33. The number of hydrogen-bond acceptors (Lipinski definition) is 1. The monoisotopic (exact) mass is 1140 g/mol. The molecule has 2 aliphatic heterocycles. The van der Waals surface area contributed by atoms with Crippen LogP contribution in [0.1, 0.15) is 24.7 Å². The third kappa shape index (κ3) is 6.79. The van der Waals surface area contributed by atoms with E-state index in [1.807, 2.05) is 72.8 Å². The van der Waals surface area contributed by atoms with Crippen LogP contribution < -0.4 is 21.3 Å². The molecule has 4 nitrogen and oxygen atoms in total. The molecule has 0 aliphatic carbocycles. The molecule has 4 aromatic heterocycles. The predicted molar refractivity (Wildman–Crippen MR) is 378 cm³/mol. The number of fused-ring (bicyclic) bond motifs is 21. The Morgan fingerprint density at radius 3 is 1.56 bits per heavy atom. The van der Waals surface area contributed by atoms with Crippen LogP contribution in [0.3, 0.4) is 0 Å². The van der Waals surface area contributed by atoms with Crippen molar-refractivity contribution in [2.45, 2.75) is 0 Å². The van der Waals surface area contributed by atoms with E-state index in [4.69, 9.17) is 11.0 Å². The normalized spacial score (nSPS) is 15.5. The van der Waals surface area contributed by atoms with Crippen molar-refractivity contribution in [3.63, 3.8) is 0 Å². The zero-order chi connectivity index (χ0) is 73.7. The van der Waals surface area contributed by atoms with Crippen LogP contribution in [0.2, 0.25) is 0 Å². The maximum atomic E-state index is 9.73. The smallest absolute Gasteiger partial charge is 0.252 e. The highest BCUT2D eigenvalue weighted by atomic mass is 15.2. The summed E-state index contributed by atoms with van der Waals surface area (Å²) in [6.07, 6.45) is 0. The molecular formula is C84H51BN4. The molecule has 2 aliphatic rings. The van der Waals surface area contributed by atoms with E-state index in [9.17, 15) is 13.7 Å². The summed E-state index contributed by atoms with van der Waals surface area (Å²) in [5.74, 6) is 0. The first-order chi connectivity index (χ1) is 51.7. The summed E-state index contributed by atoms with van der Waals surface area (Å²) in [6, 6.07) is 57.6. The second kappa shape index (κ2) is 18.4. The summed E-state index contributed by atoms with van der Waals surface area (Å²) in [5, 5.41) is 8.46. The quantitative estimate of drug-likeness (QED) is 0.157. The highest BCUT2D eigenvalue weighted by Crippen LogP contribution is 2.51. The summed E-state index contributed by atoms with van der Waals surface area (Å²) >= 11 is 0. The molecule has 14 aromatic carbocycles. The van der Waals surface area contributed by atoms with Gasteiger partial charge in [0.2, 0.25) is 0 Å². The van der Waals surface area contributed by atoms with Crippen LogP contribution in [0.25, 0.3) is 148 Å². The zero-order valence-electron chi connectivity index (χ0n) is 64.9. The minimum atomic E-state index is -0.856. The van der Waals surface area contributed by atoms with E-state index in [1.165, 1.54) is 4.57 Å². The predicted octanol–water partition coefficient (Wildman–Crippen LogP) is 20.1. The van der Waals surface area contributed by atoms with Gasteiger partial charge in [-0.3, -0.25) is 0 Å². The summed E-state index contributed by atoms with van der Waals surface area (Å²) in [7, 11) is 0. The summed E-state index contributed by atoms with van der Waals surface area (Å²) in [6.45, 7) is -0.856. The van der Waals surface area contributed by atoms with Crippen molar-refractivity contribution >= 4 is 143 Å². The molecular weight excluding hydrogens is 1080 g/mol. The first-order valence-electron chi connectivity index (χ1n) is 38.5. The van der Waals surface area contributed by atoms with Gasteiger partial charge in [-0.1, -0.05) is 242 Å². The molecule has 5 heteroatoms. The van der Waals surface area contributed by atoms with Gasteiger partial charge in [-0.25, -0.2) is 0 Å². The molecule has 0 radical (unpaired) electrons. The van der Waals surface area contributed by atoms with Gasteiger partial charge in [0.15, 0.2) is 0 Å². The average Bonchev–Trinajstić information content (AvgIpc) is 1.57. The maximum absolute atomic E-state index is 9.73. The third-order valence-corrected chi connectivity index (χ3v) is 18.6. The summed E-state index contributed by atoms with van der Waals surface area (Å²) in [5.41, 5.74) is 10.9. The minimum Gasteiger partial charge on any atom is -0.311 e. The Bertz CT molecular complexity index is 7120. The highest BCUT2D eigenvalue weighted by molar-refractivity contribution is 7.00. The van der Waals surface area contributed by atoms with Gasteiger partial charge < -0.3 is 18.4 Å². The van der Waals surface area contributed by atoms with Gasteiger partial charge in [-0.15, -0.1) is 0 Å². The number of aromatic nitrogens is 3. The van der Waals surface area contributed by atoms with Crippen LogP contribution in [0, 0.1) is 0 Å². The third-order valence-electron chi connectivity index (χ3n) is 18.6. The van der Waals surface area contributed by atoms with Crippen molar-refractivity contribution in [2.24, 2.45) is 0 Å². The van der Waals surface area contributed by atoms with E-state index in [0.717, 1.165) is 76.2 Å². The van der Waals surface area contributed by atoms with E-state index in [2.05, 4.69) is 123 Å². The molecule has 6 heterocycles. The van der Waals surface area contributed by atoms with Gasteiger partial charge in [0, 0.05) is 71.4 Å². The maximum Gasteiger partial charge on any atom is 0.252 e. The number of benzene rings is 14. The molecule has 0 bridgehead atoms. The van der Waals surface area contributed by atoms with Crippen molar-refractivity contribution in [3.05, 3.63) is 309 Å². The fourth-order valence-electron chi connectivity index (χ4n) is 15.0. The van der Waals surface area contributed by atoms with E-state index in [1.54, 1.807) is 18.2 Å². The standard InChI is InChI=1S/C84H51BN4/c1-4-21-52(22-5-1)55-39-42-58(43-40-55)87-77-50-59(86-73-36-17-15-32-65(73)66-33-16-18-37-74(66)86)44-45-71(77)85-72-49-57(54-25-8-3-9-26-54)48-70-69-47-56(53-23-6-2-7-24-53)41-46-76(69)89(83(70)72)79-51-78-80(84(87)81(79)85)68-35-20-34-67-63-30-13-11-28-61(63)60-27-10-12-29-62(60)64-31-14-19-38-75(64)88(78)82(67)68/h1-51H/i2D,3D,6D,7D,8D,9D,15D,16D,17D,18D,23D,24D,25D,26D,32D,33D,36D,37D. The second-order valence-corrected chi connectivity index (χ2v) is 22.9. The van der Waals surface area contributed by atoms with Gasteiger partial charge in [0.05, 0.1) is 63.5 Å². The molecule has 0 atom stereocenters. The summed E-state index contributed by atoms with van der Waals surface area (Å²) < 4.78 is 172. The van der Waals surface area contributed by atoms with Crippen molar-refractivity contribution < 1.29 is 24.7 Å². The zero-order valence-corrected chi connectivity index (χ0v) is 46.9. The first kappa shape index (κ1) is 34.5. The average molecular weight is 1150 g/mol. The molecule has 0 spiro atoms. The molecule has 0 saturated carbocycles. The molecule has 0 fully saturated rings. The van der Waals surface area contributed by atoms with Gasteiger partial charge in [-0.05, 0) is 138 Å². The molecule has 89 heavy (non-hydrogen) atoms. The van der Waals surface area contributed by atoms with Gasteiger partial charge >= 0.3 is 0 Å². The Hall–Kier alpha value is -11.7. The molecule has 18 aromatic rings. The Labute approximate surface area is 538 Å². The molecule has 0 saturated heterocycles. The van der Waals surface area contributed by atoms with E-state index in [0.29, 0.717) is 61.0 Å². The van der Waals surface area contributed by atoms with Crippen LogP contribution in [0.15, 0.2) is 309 Å². The van der Waals surface area contributed by atoms with Gasteiger partial charge in [0.1, 0.15) is 0 Å². The topological polar surface area (TPSA) is 17.5 Å². The fraction of sp³-hybridized carbons (Fsp3) is 0. The minimum absolute atomic E-state index is 0.0385. The summed E-state index contributed by atoms with van der Waals surface area (Å²) in [4.78, 5) is 2.21. The Morgan fingerprint density at radius 1 is 0.281 bits per heavy atom. The SMILES string of the molecule is [2H]c1c([2H])c([2H])c(-c2ccc3c(c2)c2cc(-c4c([2H])c([2H])c([2H])c([2H])c4[2H])cc4c2n3-c2cc3c(c5c2B4c2ccc(-n4c6c([2H])c([2H])c([2H])c([2H])c6c6c([2H])c([2H])c([2H])c([2H])c64)cc2N5c2ccc(-c4ccccc4)cc2)c2cccc4c5ccccc5c5ccccc5c5ccccc5n3c42)c([2H])c1[2H]. The van der Waals surface area contributed by atoms with Crippen molar-refractivity contribution in [3.8, 4) is 44.8 Å². The lowest BCUT2D eigenvalue weighted by Gasteiger charge is -2.41. The van der Waals surface area contributed by atoms with Crippen molar-refractivity contribution in [1.29, 1.82) is 0 Å². The lowest BCUT2D eigenvalue weighted by Crippen LogP contribution is -2.60. The Morgan fingerprint density at radius 2 is 0.843 bits per heavy atom. The van der Waals surface area contributed by atoms with Crippen LogP contribution >= 0.6 is 0 Å². The first-order valence-corrected chi connectivity index (χ1v) is 29.5. The van der Waals surface area contributed by atoms with Crippen LogP contribution in [-0.2, 0) is 0 Å². The molecule has 0 N–H and O–H groups in total. The lowest BCUT2D eigenvalue weighted by molar-refractivity contribution is 1.16. The van der Waals surface area contributed by atoms with Crippen molar-refractivity contribution in [1.82, 2.24) is 13.5 Å². The number of nitrogens with zero attached hydrogens (tertiary/aromatic N) is 4. The van der Waals surface area contributed by atoms with E-state index in [-0.39, 0.29) is 44.2 Å². The van der Waals surface area contributed by atoms with Crippen LogP contribution in [-0.4, -0.2) is 20.2 Å². The van der Waals surface area contributed by atoms with Crippen LogP contribution in [0.4, 0.5) is 17.1 Å². The number of anilines is 3. The molecule has 20 rings (SSSR count). The fourth-order valence-corrected chi connectivity index (χ4v) is 15.0. The molecule has 0 unspecified atom stereocenters. The Balaban J connectivity index is 1.04. The van der Waals surface area contributed by atoms with Crippen molar-refractivity contribution in [2.75, 3.05) is 4.90 Å².